The summed E-state index contributed by atoms with van der Waals surface area (Å²) in [5, 5.41) is 12.5. The quantitative estimate of drug-likeness (QED) is 0.598. The molecule has 0 saturated carbocycles. The van der Waals surface area contributed by atoms with E-state index in [1.54, 1.807) is 24.3 Å². The third-order valence-electron chi connectivity index (χ3n) is 6.05. The van der Waals surface area contributed by atoms with Crippen LogP contribution in [0.4, 0.5) is 11.4 Å². The van der Waals surface area contributed by atoms with Gasteiger partial charge in [-0.1, -0.05) is 42.5 Å². The Balaban J connectivity index is 1.55. The minimum absolute atomic E-state index is 0.0961. The van der Waals surface area contributed by atoms with E-state index < -0.39 is 5.97 Å². The zero-order valence-electron chi connectivity index (χ0n) is 17.8. The number of anilines is 2. The maximum absolute atomic E-state index is 12.7. The first-order valence-electron chi connectivity index (χ1n) is 10.5. The second-order valence-electron chi connectivity index (χ2n) is 8.09. The fourth-order valence-electron chi connectivity index (χ4n) is 4.33. The van der Waals surface area contributed by atoms with Gasteiger partial charge in [-0.3, -0.25) is 4.79 Å². The fourth-order valence-corrected chi connectivity index (χ4v) is 4.33. The molecule has 1 fully saturated rings. The van der Waals surface area contributed by atoms with Gasteiger partial charge in [-0.2, -0.15) is 0 Å². The van der Waals surface area contributed by atoms with Crippen LogP contribution in [0.3, 0.4) is 0 Å². The van der Waals surface area contributed by atoms with Crippen molar-refractivity contribution in [2.75, 3.05) is 23.3 Å². The Morgan fingerprint density at radius 1 is 0.935 bits per heavy atom. The summed E-state index contributed by atoms with van der Waals surface area (Å²) in [7, 11) is 0. The highest BCUT2D eigenvalue weighted by Crippen LogP contribution is 2.34. The van der Waals surface area contributed by atoms with Crippen LogP contribution in [0.2, 0.25) is 0 Å². The number of hydrogen-bond acceptors (Lipinski definition) is 3. The molecule has 3 aromatic carbocycles. The Kier molecular flexibility index (Phi) is 5.76. The molecule has 4 rings (SSSR count). The van der Waals surface area contributed by atoms with Gasteiger partial charge in [0.25, 0.3) is 5.91 Å². The highest BCUT2D eigenvalue weighted by Gasteiger charge is 2.26. The van der Waals surface area contributed by atoms with Crippen LogP contribution in [0.25, 0.3) is 0 Å². The molecule has 0 aliphatic carbocycles. The van der Waals surface area contributed by atoms with Gasteiger partial charge in [0.2, 0.25) is 0 Å². The van der Waals surface area contributed by atoms with Crippen LogP contribution in [0.1, 0.15) is 49.7 Å². The molecule has 1 atom stereocenters. The second kappa shape index (κ2) is 8.64. The molecule has 0 bridgehead atoms. The Hall–Kier alpha value is -3.60. The standard InChI is InChI=1S/C26H26N2O3/c1-17-7-3-5-9-21(17)19-13-14-28(16-19)20-11-12-24(23(15-20)26(30)31)27-25(29)22-10-6-4-8-18(22)2/h3-12,15,19H,13-14,16H2,1-2H3,(H,27,29)(H,30,31)/t19-/m0/s1. The summed E-state index contributed by atoms with van der Waals surface area (Å²) in [5.74, 6) is -0.944. The van der Waals surface area contributed by atoms with E-state index in [0.717, 1.165) is 30.8 Å². The molecule has 1 aliphatic heterocycles. The summed E-state index contributed by atoms with van der Waals surface area (Å²) < 4.78 is 0. The highest BCUT2D eigenvalue weighted by molar-refractivity contribution is 6.08. The molecule has 0 spiro atoms. The predicted molar refractivity (Wildman–Crippen MR) is 123 cm³/mol. The van der Waals surface area contributed by atoms with Crippen LogP contribution < -0.4 is 10.2 Å². The molecule has 3 aromatic rings. The molecule has 1 heterocycles. The first kappa shape index (κ1) is 20.7. The van der Waals surface area contributed by atoms with Crippen molar-refractivity contribution in [2.24, 2.45) is 0 Å². The molecule has 0 aromatic heterocycles. The van der Waals surface area contributed by atoms with Crippen LogP contribution >= 0.6 is 0 Å². The number of hydrogen-bond donors (Lipinski definition) is 2. The van der Waals surface area contributed by atoms with Crippen molar-refractivity contribution < 1.29 is 14.7 Å². The van der Waals surface area contributed by atoms with E-state index in [2.05, 4.69) is 41.4 Å². The molecular formula is C26H26N2O3. The van der Waals surface area contributed by atoms with Gasteiger partial charge in [0, 0.05) is 30.3 Å². The summed E-state index contributed by atoms with van der Waals surface area (Å²) in [6.45, 7) is 5.70. The zero-order chi connectivity index (χ0) is 22.0. The van der Waals surface area contributed by atoms with E-state index in [1.807, 2.05) is 25.1 Å². The molecular weight excluding hydrogens is 388 g/mol. The van der Waals surface area contributed by atoms with E-state index in [1.165, 1.54) is 11.1 Å². The number of benzene rings is 3. The number of carboxylic acids is 1. The number of carbonyl (C=O) groups excluding carboxylic acids is 1. The maximum atomic E-state index is 12.7. The number of nitrogens with zero attached hydrogens (tertiary/aromatic N) is 1. The van der Waals surface area contributed by atoms with Crippen molar-refractivity contribution in [3.8, 4) is 0 Å². The van der Waals surface area contributed by atoms with E-state index >= 15 is 0 Å². The Morgan fingerprint density at radius 3 is 2.35 bits per heavy atom. The summed E-state index contributed by atoms with van der Waals surface area (Å²) in [6, 6.07) is 20.9. The second-order valence-corrected chi connectivity index (χ2v) is 8.09. The van der Waals surface area contributed by atoms with Crippen LogP contribution in [-0.4, -0.2) is 30.1 Å². The molecule has 1 saturated heterocycles. The van der Waals surface area contributed by atoms with Crippen molar-refractivity contribution in [1.29, 1.82) is 0 Å². The van der Waals surface area contributed by atoms with Gasteiger partial charge in [0.15, 0.2) is 0 Å². The first-order valence-corrected chi connectivity index (χ1v) is 10.5. The lowest BCUT2D eigenvalue weighted by Crippen LogP contribution is -2.21. The lowest BCUT2D eigenvalue weighted by Gasteiger charge is -2.21. The molecule has 0 radical (unpaired) electrons. The average molecular weight is 415 g/mol. The molecule has 2 N–H and O–H groups in total. The van der Waals surface area contributed by atoms with Crippen LogP contribution in [-0.2, 0) is 0 Å². The zero-order valence-corrected chi connectivity index (χ0v) is 17.8. The third kappa shape index (κ3) is 4.31. The molecule has 1 amide bonds. The number of carboxylic acid groups (broad SMARTS) is 1. The number of carbonyl (C=O) groups is 2. The average Bonchev–Trinajstić information content (AvgIpc) is 3.24. The smallest absolute Gasteiger partial charge is 0.337 e. The van der Waals surface area contributed by atoms with Crippen molar-refractivity contribution in [1.82, 2.24) is 0 Å². The number of amides is 1. The minimum atomic E-state index is -1.06. The van der Waals surface area contributed by atoms with E-state index in [4.69, 9.17) is 0 Å². The van der Waals surface area contributed by atoms with Gasteiger partial charge in [0.05, 0.1) is 11.3 Å². The van der Waals surface area contributed by atoms with Crippen LogP contribution in [0.5, 0.6) is 0 Å². The van der Waals surface area contributed by atoms with Gasteiger partial charge in [-0.25, -0.2) is 4.79 Å². The van der Waals surface area contributed by atoms with Gasteiger partial charge >= 0.3 is 5.97 Å². The third-order valence-corrected chi connectivity index (χ3v) is 6.05. The Bertz CT molecular complexity index is 1140. The van der Waals surface area contributed by atoms with Crippen molar-refractivity contribution in [3.63, 3.8) is 0 Å². The van der Waals surface area contributed by atoms with Crippen molar-refractivity contribution >= 4 is 23.3 Å². The normalized spacial score (nSPS) is 15.7. The number of rotatable bonds is 5. The molecule has 1 aliphatic rings. The lowest BCUT2D eigenvalue weighted by atomic mass is 9.94. The molecule has 5 heteroatoms. The lowest BCUT2D eigenvalue weighted by molar-refractivity contribution is 0.0698. The minimum Gasteiger partial charge on any atom is -0.478 e. The van der Waals surface area contributed by atoms with E-state index in [9.17, 15) is 14.7 Å². The number of nitrogens with one attached hydrogen (secondary N) is 1. The SMILES string of the molecule is Cc1ccccc1C(=O)Nc1ccc(N2CC[C@H](c3ccccc3C)C2)cc1C(=O)O. The van der Waals surface area contributed by atoms with Gasteiger partial charge in [0.1, 0.15) is 0 Å². The fraction of sp³-hybridized carbons (Fsp3) is 0.231. The largest absolute Gasteiger partial charge is 0.478 e. The molecule has 5 nitrogen and oxygen atoms in total. The molecule has 0 unspecified atom stereocenters. The predicted octanol–water partition coefficient (Wildman–Crippen LogP) is 5.25. The summed E-state index contributed by atoms with van der Waals surface area (Å²) in [6.07, 6.45) is 1.03. The first-order chi connectivity index (χ1) is 14.9. The maximum Gasteiger partial charge on any atom is 0.337 e. The van der Waals surface area contributed by atoms with Crippen molar-refractivity contribution in [3.05, 3.63) is 94.5 Å². The summed E-state index contributed by atoms with van der Waals surface area (Å²) >= 11 is 0. The topological polar surface area (TPSA) is 69.6 Å². The molecule has 158 valence electrons. The monoisotopic (exact) mass is 414 g/mol. The highest BCUT2D eigenvalue weighted by atomic mass is 16.4. The molecule has 31 heavy (non-hydrogen) atoms. The Morgan fingerprint density at radius 2 is 1.65 bits per heavy atom. The number of aromatic carboxylic acids is 1. The van der Waals surface area contributed by atoms with E-state index in [-0.39, 0.29) is 11.5 Å². The van der Waals surface area contributed by atoms with Gasteiger partial charge in [-0.15, -0.1) is 0 Å². The summed E-state index contributed by atoms with van der Waals surface area (Å²) in [5.41, 5.74) is 5.28. The van der Waals surface area contributed by atoms with Gasteiger partial charge in [-0.05, 0) is 61.2 Å². The van der Waals surface area contributed by atoms with Gasteiger partial charge < -0.3 is 15.3 Å². The summed E-state index contributed by atoms with van der Waals surface area (Å²) in [4.78, 5) is 26.8. The Labute approximate surface area is 182 Å². The van der Waals surface area contributed by atoms with Crippen molar-refractivity contribution in [2.45, 2.75) is 26.2 Å². The number of aryl methyl sites for hydroxylation is 2. The van der Waals surface area contributed by atoms with Crippen LogP contribution in [0, 0.1) is 13.8 Å². The van der Waals surface area contributed by atoms with E-state index in [0.29, 0.717) is 17.2 Å². The van der Waals surface area contributed by atoms with Crippen LogP contribution in [0.15, 0.2) is 66.7 Å².